The maximum Gasteiger partial charge on any atom is 0.126 e. The zero-order valence-electron chi connectivity index (χ0n) is 10.0. The fraction of sp³-hybridized carbons (Fsp3) is 0.143. The Morgan fingerprint density at radius 3 is 2.53 bits per heavy atom. The second kappa shape index (κ2) is 5.99. The van der Waals surface area contributed by atoms with Gasteiger partial charge in [0.15, 0.2) is 0 Å². The second-order valence-electron chi connectivity index (χ2n) is 4.15. The van der Waals surface area contributed by atoms with Crippen molar-refractivity contribution < 1.29 is 8.78 Å². The van der Waals surface area contributed by atoms with E-state index in [2.05, 4.69) is 5.32 Å². The van der Waals surface area contributed by atoms with Gasteiger partial charge in [-0.3, -0.25) is 0 Å². The van der Waals surface area contributed by atoms with Crippen molar-refractivity contribution in [2.45, 2.75) is 6.04 Å². The predicted octanol–water partition coefficient (Wildman–Crippen LogP) is 3.73. The van der Waals surface area contributed by atoms with E-state index in [0.717, 1.165) is 0 Å². The highest BCUT2D eigenvalue weighted by Crippen LogP contribution is 2.23. The third-order valence-corrected chi connectivity index (χ3v) is 2.91. The van der Waals surface area contributed by atoms with Gasteiger partial charge in [-0.15, -0.1) is 0 Å². The summed E-state index contributed by atoms with van der Waals surface area (Å²) in [5, 5.41) is 3.33. The van der Waals surface area contributed by atoms with Gasteiger partial charge in [-0.25, -0.2) is 8.78 Å². The molecule has 1 atom stereocenters. The van der Waals surface area contributed by atoms with Crippen LogP contribution in [0.25, 0.3) is 0 Å². The molecule has 0 fully saturated rings. The molecular formula is C14H13ClF2N2. The van der Waals surface area contributed by atoms with Crippen molar-refractivity contribution in [2.75, 3.05) is 11.9 Å². The highest BCUT2D eigenvalue weighted by Gasteiger charge is 2.11. The van der Waals surface area contributed by atoms with Crippen molar-refractivity contribution in [3.63, 3.8) is 0 Å². The summed E-state index contributed by atoms with van der Waals surface area (Å²) in [7, 11) is 0. The van der Waals surface area contributed by atoms with E-state index in [1.807, 2.05) is 0 Å². The summed E-state index contributed by atoms with van der Waals surface area (Å²) in [6.45, 7) is 0.248. The van der Waals surface area contributed by atoms with Gasteiger partial charge in [0.1, 0.15) is 11.6 Å². The standard InChI is InChI=1S/C14H13ClF2N2/c15-10-5-12(17)7-13(6-10)19-14(8-18)9-2-1-3-11(16)4-9/h1-7,14,19H,8,18H2. The average molecular weight is 283 g/mol. The summed E-state index contributed by atoms with van der Waals surface area (Å²) in [6, 6.07) is 9.92. The van der Waals surface area contributed by atoms with Crippen LogP contribution in [0.2, 0.25) is 5.02 Å². The topological polar surface area (TPSA) is 38.0 Å². The molecule has 5 heteroatoms. The molecule has 2 rings (SSSR count). The number of benzene rings is 2. The minimum atomic E-state index is -0.440. The molecule has 2 aromatic carbocycles. The van der Waals surface area contributed by atoms with Crippen LogP contribution in [-0.4, -0.2) is 6.54 Å². The highest BCUT2D eigenvalue weighted by molar-refractivity contribution is 6.30. The molecule has 19 heavy (non-hydrogen) atoms. The summed E-state index contributed by atoms with van der Waals surface area (Å²) >= 11 is 5.78. The molecule has 1 unspecified atom stereocenters. The van der Waals surface area contributed by atoms with Crippen molar-refractivity contribution in [3.05, 3.63) is 64.7 Å². The molecule has 0 radical (unpaired) electrons. The van der Waals surface area contributed by atoms with Crippen molar-refractivity contribution in [1.29, 1.82) is 0 Å². The number of halogens is 3. The van der Waals surface area contributed by atoms with Gasteiger partial charge in [0.05, 0.1) is 6.04 Å². The maximum absolute atomic E-state index is 13.2. The lowest BCUT2D eigenvalue weighted by Crippen LogP contribution is -2.20. The van der Waals surface area contributed by atoms with Crippen LogP contribution in [-0.2, 0) is 0 Å². The van der Waals surface area contributed by atoms with Crippen LogP contribution in [0, 0.1) is 11.6 Å². The first-order valence-electron chi connectivity index (χ1n) is 5.76. The molecule has 0 heterocycles. The van der Waals surface area contributed by atoms with Gasteiger partial charge in [0.2, 0.25) is 0 Å². The Hall–Kier alpha value is -1.65. The van der Waals surface area contributed by atoms with Gasteiger partial charge in [-0.05, 0) is 35.9 Å². The number of nitrogens with one attached hydrogen (secondary N) is 1. The number of nitrogens with two attached hydrogens (primary N) is 1. The van der Waals surface area contributed by atoms with E-state index in [-0.39, 0.29) is 23.4 Å². The van der Waals surface area contributed by atoms with Gasteiger partial charge in [-0.1, -0.05) is 23.7 Å². The molecule has 100 valence electrons. The van der Waals surface area contributed by atoms with Gasteiger partial charge >= 0.3 is 0 Å². The quantitative estimate of drug-likeness (QED) is 0.897. The summed E-state index contributed by atoms with van der Waals surface area (Å²) in [4.78, 5) is 0. The first-order valence-corrected chi connectivity index (χ1v) is 6.14. The minimum Gasteiger partial charge on any atom is -0.377 e. The van der Waals surface area contributed by atoms with E-state index in [1.165, 1.54) is 24.3 Å². The van der Waals surface area contributed by atoms with Crippen molar-refractivity contribution in [2.24, 2.45) is 5.73 Å². The Balaban J connectivity index is 2.23. The first-order chi connectivity index (χ1) is 9.08. The molecule has 0 bridgehead atoms. The van der Waals surface area contributed by atoms with Crippen LogP contribution < -0.4 is 11.1 Å². The fourth-order valence-corrected chi connectivity index (χ4v) is 2.06. The third-order valence-electron chi connectivity index (χ3n) is 2.69. The average Bonchev–Trinajstić information content (AvgIpc) is 2.34. The van der Waals surface area contributed by atoms with Gasteiger partial charge in [-0.2, -0.15) is 0 Å². The van der Waals surface area contributed by atoms with Crippen LogP contribution in [0.1, 0.15) is 11.6 Å². The van der Waals surface area contributed by atoms with E-state index < -0.39 is 5.82 Å². The molecule has 2 nitrogen and oxygen atoms in total. The molecule has 0 amide bonds. The molecule has 0 saturated heterocycles. The highest BCUT2D eigenvalue weighted by atomic mass is 35.5. The van der Waals surface area contributed by atoms with Gasteiger partial charge < -0.3 is 11.1 Å². The Bertz CT molecular complexity index is 555. The SMILES string of the molecule is NCC(Nc1cc(F)cc(Cl)c1)c1cccc(F)c1. The molecule has 3 N–H and O–H groups in total. The second-order valence-corrected chi connectivity index (χ2v) is 4.58. The first kappa shape index (κ1) is 13.8. The fourth-order valence-electron chi connectivity index (χ4n) is 1.84. The van der Waals surface area contributed by atoms with Crippen LogP contribution in [0.4, 0.5) is 14.5 Å². The van der Waals surface area contributed by atoms with Crippen LogP contribution in [0.3, 0.4) is 0 Å². The number of anilines is 1. The summed E-state index contributed by atoms with van der Waals surface area (Å²) in [6.07, 6.45) is 0. The Kier molecular flexibility index (Phi) is 4.35. The van der Waals surface area contributed by atoms with Gasteiger partial charge in [0.25, 0.3) is 0 Å². The van der Waals surface area contributed by atoms with Crippen molar-refractivity contribution in [3.8, 4) is 0 Å². The zero-order chi connectivity index (χ0) is 13.8. The van der Waals surface area contributed by atoms with E-state index >= 15 is 0 Å². The van der Waals surface area contributed by atoms with Crippen LogP contribution >= 0.6 is 11.6 Å². The third kappa shape index (κ3) is 3.66. The molecule has 0 spiro atoms. The normalized spacial score (nSPS) is 12.2. The lowest BCUT2D eigenvalue weighted by atomic mass is 10.1. The number of rotatable bonds is 4. The maximum atomic E-state index is 13.2. The number of hydrogen-bond donors (Lipinski definition) is 2. The summed E-state index contributed by atoms with van der Waals surface area (Å²) in [5.74, 6) is -0.778. The van der Waals surface area contributed by atoms with Crippen molar-refractivity contribution >= 4 is 17.3 Å². The lowest BCUT2D eigenvalue weighted by molar-refractivity contribution is 0.621. The van der Waals surface area contributed by atoms with E-state index in [0.29, 0.717) is 11.3 Å². The van der Waals surface area contributed by atoms with E-state index in [9.17, 15) is 8.78 Å². The number of hydrogen-bond acceptors (Lipinski definition) is 2. The minimum absolute atomic E-state index is 0.248. The molecule has 0 aliphatic rings. The summed E-state index contributed by atoms with van der Waals surface area (Å²) in [5.41, 5.74) is 6.87. The van der Waals surface area contributed by atoms with Gasteiger partial charge in [0, 0.05) is 17.3 Å². The van der Waals surface area contributed by atoms with Crippen molar-refractivity contribution in [1.82, 2.24) is 0 Å². The molecule has 0 aromatic heterocycles. The Morgan fingerprint density at radius 1 is 1.11 bits per heavy atom. The Labute approximate surface area is 115 Å². The van der Waals surface area contributed by atoms with E-state index in [4.69, 9.17) is 17.3 Å². The smallest absolute Gasteiger partial charge is 0.126 e. The molecule has 2 aromatic rings. The largest absolute Gasteiger partial charge is 0.377 e. The van der Waals surface area contributed by atoms with Crippen LogP contribution in [0.5, 0.6) is 0 Å². The Morgan fingerprint density at radius 2 is 1.89 bits per heavy atom. The molecular weight excluding hydrogens is 270 g/mol. The molecule has 0 aliphatic heterocycles. The lowest BCUT2D eigenvalue weighted by Gasteiger charge is -2.19. The molecule has 0 saturated carbocycles. The van der Waals surface area contributed by atoms with Crippen LogP contribution in [0.15, 0.2) is 42.5 Å². The zero-order valence-corrected chi connectivity index (χ0v) is 10.8. The molecule has 0 aliphatic carbocycles. The summed E-state index contributed by atoms with van der Waals surface area (Å²) < 4.78 is 26.4. The predicted molar refractivity (Wildman–Crippen MR) is 73.2 cm³/mol. The van der Waals surface area contributed by atoms with E-state index in [1.54, 1.807) is 18.2 Å². The monoisotopic (exact) mass is 282 g/mol.